The van der Waals surface area contributed by atoms with Crippen LogP contribution >= 0.6 is 0 Å². The first kappa shape index (κ1) is 25.8. The van der Waals surface area contributed by atoms with E-state index in [0.29, 0.717) is 6.54 Å². The van der Waals surface area contributed by atoms with Crippen molar-refractivity contribution in [2.45, 2.75) is 58.8 Å². The Morgan fingerprint density at radius 2 is 1.63 bits per heavy atom. The average molecular weight is 461 g/mol. The molecule has 2 N–H and O–H groups in total. The maximum Gasteiger partial charge on any atom is 0.332 e. The molecule has 0 heterocycles. The fourth-order valence-corrected chi connectivity index (χ4v) is 5.29. The molecule has 9 heteroatoms. The molecule has 30 heavy (non-hydrogen) atoms. The van der Waals surface area contributed by atoms with Gasteiger partial charge in [-0.15, -0.1) is 0 Å². The molecule has 2 aliphatic rings. The van der Waals surface area contributed by atoms with Gasteiger partial charge in [-0.25, -0.2) is 17.9 Å². The Kier molecular flexibility index (Phi) is 9.39. The van der Waals surface area contributed by atoms with Crippen molar-refractivity contribution < 1.29 is 18.0 Å². The van der Waals surface area contributed by atoms with Gasteiger partial charge in [0.1, 0.15) is 0 Å². The first-order valence-electron chi connectivity index (χ1n) is 10.4. The van der Waals surface area contributed by atoms with E-state index in [9.17, 15) is 18.0 Å². The number of hydrogen-bond donors (Lipinski definition) is 2. The van der Waals surface area contributed by atoms with Crippen LogP contribution in [0.5, 0.6) is 0 Å². The number of rotatable bonds is 7. The molecule has 0 aromatic heterocycles. The standard InChI is InChI=1S/C21H31N3O4S.K/c1-14(2)20(25)24(3)11-6-12-29(27,28)23-21(26)22-19-17-9-4-7-15(17)13-16-8-5-10-18(16)19;/h13-14H,4-12H2,1-3H3,(H2,22,23,26);. The molecule has 1 aromatic rings. The van der Waals surface area contributed by atoms with E-state index in [2.05, 4.69) is 16.1 Å². The second-order valence-electron chi connectivity index (χ2n) is 8.38. The van der Waals surface area contributed by atoms with Gasteiger partial charge in [0, 0.05) is 76.6 Å². The largest absolute Gasteiger partial charge is 0.346 e. The molecule has 161 valence electrons. The van der Waals surface area contributed by atoms with Gasteiger partial charge in [0.25, 0.3) is 0 Å². The predicted octanol–water partition coefficient (Wildman–Crippen LogP) is 2.24. The van der Waals surface area contributed by atoms with E-state index >= 15 is 0 Å². The summed E-state index contributed by atoms with van der Waals surface area (Å²) in [6.07, 6.45) is 6.26. The van der Waals surface area contributed by atoms with Crippen molar-refractivity contribution in [1.82, 2.24) is 9.62 Å². The third-order valence-electron chi connectivity index (χ3n) is 5.74. The van der Waals surface area contributed by atoms with Crippen LogP contribution in [-0.4, -0.2) is 96.0 Å². The van der Waals surface area contributed by atoms with Crippen LogP contribution in [0.2, 0.25) is 0 Å². The Balaban J connectivity index is 0.00000320. The topological polar surface area (TPSA) is 95.6 Å². The van der Waals surface area contributed by atoms with E-state index in [1.54, 1.807) is 20.9 Å². The van der Waals surface area contributed by atoms with Crippen molar-refractivity contribution in [2.75, 3.05) is 24.7 Å². The van der Waals surface area contributed by atoms with Crippen molar-refractivity contribution in [2.24, 2.45) is 5.92 Å². The van der Waals surface area contributed by atoms with Crippen LogP contribution < -0.4 is 10.0 Å². The number of benzene rings is 1. The molecule has 1 radical (unpaired) electrons. The maximum absolute atomic E-state index is 12.5. The van der Waals surface area contributed by atoms with Crippen LogP contribution in [0.4, 0.5) is 10.5 Å². The number of amides is 3. The van der Waals surface area contributed by atoms with Crippen LogP contribution in [0.1, 0.15) is 55.4 Å². The monoisotopic (exact) mass is 460 g/mol. The number of carbonyl (C=O) groups is 2. The van der Waals surface area contributed by atoms with Gasteiger partial charge in [-0.05, 0) is 67.2 Å². The summed E-state index contributed by atoms with van der Waals surface area (Å²) < 4.78 is 26.7. The molecule has 0 unspecified atom stereocenters. The molecule has 0 fully saturated rings. The van der Waals surface area contributed by atoms with Gasteiger partial charge in [0.05, 0.1) is 5.75 Å². The van der Waals surface area contributed by atoms with Crippen LogP contribution in [0.25, 0.3) is 0 Å². The second-order valence-corrected chi connectivity index (χ2v) is 10.2. The minimum atomic E-state index is -3.77. The number of nitrogens with zero attached hydrogens (tertiary/aromatic N) is 1. The van der Waals surface area contributed by atoms with Gasteiger partial charge in [0.15, 0.2) is 0 Å². The molecule has 0 bridgehead atoms. The van der Waals surface area contributed by atoms with Gasteiger partial charge >= 0.3 is 6.03 Å². The van der Waals surface area contributed by atoms with E-state index in [0.717, 1.165) is 55.3 Å². The summed E-state index contributed by atoms with van der Waals surface area (Å²) in [7, 11) is -2.11. The van der Waals surface area contributed by atoms with Crippen LogP contribution in [0, 0.1) is 5.92 Å². The smallest absolute Gasteiger partial charge is 0.332 e. The summed E-state index contributed by atoms with van der Waals surface area (Å²) in [5.41, 5.74) is 5.70. The van der Waals surface area contributed by atoms with Gasteiger partial charge < -0.3 is 10.2 Å². The number of nitrogens with one attached hydrogen (secondary N) is 2. The van der Waals surface area contributed by atoms with Crippen molar-refractivity contribution in [1.29, 1.82) is 0 Å². The van der Waals surface area contributed by atoms with Gasteiger partial charge in [-0.2, -0.15) is 0 Å². The van der Waals surface area contributed by atoms with Crippen LogP contribution in [0.15, 0.2) is 6.07 Å². The Labute approximate surface area is 222 Å². The van der Waals surface area contributed by atoms with E-state index in [1.807, 2.05) is 0 Å². The number of sulfonamides is 1. The molecular weight excluding hydrogens is 429 g/mol. The average Bonchev–Trinajstić information content (AvgIpc) is 3.28. The summed E-state index contributed by atoms with van der Waals surface area (Å²) in [4.78, 5) is 25.8. The molecule has 0 saturated heterocycles. The molecular formula is C21H31KN3O4S. The Morgan fingerprint density at radius 3 is 2.17 bits per heavy atom. The van der Waals surface area contributed by atoms with Gasteiger partial charge in [0.2, 0.25) is 15.9 Å². The van der Waals surface area contributed by atoms with Crippen LogP contribution in [-0.2, 0) is 40.5 Å². The fraction of sp³-hybridized carbons (Fsp3) is 0.619. The number of carbonyl (C=O) groups excluding carboxylic acids is 2. The van der Waals surface area contributed by atoms with E-state index in [4.69, 9.17) is 0 Å². The summed E-state index contributed by atoms with van der Waals surface area (Å²) >= 11 is 0. The zero-order valence-electron chi connectivity index (χ0n) is 18.5. The van der Waals surface area contributed by atoms with E-state index in [-0.39, 0.29) is 75.4 Å². The number of hydrogen-bond acceptors (Lipinski definition) is 4. The van der Waals surface area contributed by atoms with Crippen molar-refractivity contribution in [3.8, 4) is 0 Å². The van der Waals surface area contributed by atoms with Gasteiger partial charge in [-0.3, -0.25) is 4.79 Å². The fourth-order valence-electron chi connectivity index (χ4n) is 4.34. The quantitative estimate of drug-likeness (QED) is 0.610. The van der Waals surface area contributed by atoms with Crippen molar-refractivity contribution in [3.63, 3.8) is 0 Å². The molecule has 3 amide bonds. The van der Waals surface area contributed by atoms with Crippen molar-refractivity contribution in [3.05, 3.63) is 28.3 Å². The predicted molar refractivity (Wildman–Crippen MR) is 119 cm³/mol. The third-order valence-corrected chi connectivity index (χ3v) is 7.06. The SMILES string of the molecule is CC(C)C(=O)N(C)CCCS(=O)(=O)NC(=O)Nc1c2c(cc3c1CCC3)CCC2.[K]. The maximum atomic E-state index is 12.5. The molecule has 2 aliphatic carbocycles. The number of aryl methyl sites for hydroxylation is 2. The first-order chi connectivity index (χ1) is 13.7. The Bertz CT molecular complexity index is 883. The number of fused-ring (bicyclic) bond motifs is 2. The van der Waals surface area contributed by atoms with Gasteiger partial charge in [-0.1, -0.05) is 19.9 Å². The molecule has 0 saturated carbocycles. The molecule has 7 nitrogen and oxygen atoms in total. The summed E-state index contributed by atoms with van der Waals surface area (Å²) in [6, 6.07) is 1.56. The number of urea groups is 1. The second kappa shape index (κ2) is 10.9. The molecule has 3 rings (SSSR count). The minimum Gasteiger partial charge on any atom is -0.346 e. The zero-order valence-corrected chi connectivity index (χ0v) is 22.4. The Hall–Kier alpha value is -0.454. The van der Waals surface area contributed by atoms with Crippen molar-refractivity contribution >= 4 is 79.0 Å². The summed E-state index contributed by atoms with van der Waals surface area (Å²) in [6.45, 7) is 3.94. The zero-order chi connectivity index (χ0) is 21.2. The third kappa shape index (κ3) is 6.29. The molecule has 0 aliphatic heterocycles. The van der Waals surface area contributed by atoms with Crippen LogP contribution in [0.3, 0.4) is 0 Å². The molecule has 0 atom stereocenters. The summed E-state index contributed by atoms with van der Waals surface area (Å²) in [5, 5.41) is 2.84. The first-order valence-corrected chi connectivity index (χ1v) is 12.1. The summed E-state index contributed by atoms with van der Waals surface area (Å²) in [5.74, 6) is -0.365. The Morgan fingerprint density at radius 1 is 1.07 bits per heavy atom. The minimum absolute atomic E-state index is 0. The molecule has 0 spiro atoms. The van der Waals surface area contributed by atoms with E-state index < -0.39 is 16.1 Å². The normalized spacial score (nSPS) is 14.7. The molecule has 1 aromatic carbocycles. The number of anilines is 1. The van der Waals surface area contributed by atoms with E-state index in [1.165, 1.54) is 16.0 Å².